The van der Waals surface area contributed by atoms with Crippen molar-refractivity contribution in [2.75, 3.05) is 23.3 Å². The van der Waals surface area contributed by atoms with Gasteiger partial charge in [-0.15, -0.1) is 0 Å². The minimum Gasteiger partial charge on any atom is -0.363 e. The summed E-state index contributed by atoms with van der Waals surface area (Å²) in [7, 11) is 0. The summed E-state index contributed by atoms with van der Waals surface area (Å²) < 4.78 is 39.4. The number of amides is 1. The maximum absolute atomic E-state index is 13.1. The third-order valence-electron chi connectivity index (χ3n) is 5.67. The number of hydrogen-bond donors (Lipinski definition) is 2. The molecule has 174 valence electrons. The monoisotopic (exact) mass is 458 g/mol. The molecule has 0 spiro atoms. The highest BCUT2D eigenvalue weighted by atomic mass is 19.4. The highest BCUT2D eigenvalue weighted by Gasteiger charge is 2.31. The summed E-state index contributed by atoms with van der Waals surface area (Å²) in [6.07, 6.45) is -1.91. The molecule has 1 fully saturated rings. The summed E-state index contributed by atoms with van der Waals surface area (Å²) in [6.45, 7) is 6.44. The van der Waals surface area contributed by atoms with E-state index in [0.29, 0.717) is 29.3 Å². The van der Waals surface area contributed by atoms with Gasteiger partial charge in [0.15, 0.2) is 0 Å². The smallest absolute Gasteiger partial charge is 0.363 e. The number of benzene rings is 1. The lowest BCUT2D eigenvalue weighted by atomic mass is 10.0. The van der Waals surface area contributed by atoms with Crippen LogP contribution in [0.5, 0.6) is 0 Å². The zero-order chi connectivity index (χ0) is 23.8. The second-order valence-electron chi connectivity index (χ2n) is 8.30. The van der Waals surface area contributed by atoms with E-state index in [1.165, 1.54) is 13.0 Å². The number of rotatable bonds is 5. The molecular weight excluding hydrogens is 433 g/mol. The predicted molar refractivity (Wildman–Crippen MR) is 120 cm³/mol. The van der Waals surface area contributed by atoms with E-state index in [2.05, 4.69) is 30.5 Å². The van der Waals surface area contributed by atoms with Crippen molar-refractivity contribution in [2.45, 2.75) is 45.5 Å². The molecule has 1 saturated heterocycles. The van der Waals surface area contributed by atoms with Gasteiger partial charge in [-0.2, -0.15) is 13.2 Å². The van der Waals surface area contributed by atoms with E-state index in [4.69, 9.17) is 0 Å². The zero-order valence-corrected chi connectivity index (χ0v) is 18.6. The van der Waals surface area contributed by atoms with E-state index in [9.17, 15) is 18.0 Å². The fraction of sp³-hybridized carbons (Fsp3) is 0.391. The van der Waals surface area contributed by atoms with Gasteiger partial charge in [-0.25, -0.2) is 15.0 Å². The number of nitrogens with zero attached hydrogens (tertiary/aromatic N) is 4. The van der Waals surface area contributed by atoms with Crippen LogP contribution < -0.4 is 15.5 Å². The average molecular weight is 458 g/mol. The van der Waals surface area contributed by atoms with E-state index in [1.807, 2.05) is 6.07 Å². The third-order valence-corrected chi connectivity index (χ3v) is 5.67. The van der Waals surface area contributed by atoms with Crippen LogP contribution in [0.4, 0.5) is 24.8 Å². The summed E-state index contributed by atoms with van der Waals surface area (Å²) in [6, 6.07) is 6.79. The summed E-state index contributed by atoms with van der Waals surface area (Å²) >= 11 is 0. The quantitative estimate of drug-likeness (QED) is 0.595. The molecule has 0 aliphatic carbocycles. The van der Waals surface area contributed by atoms with Crippen LogP contribution in [0.25, 0.3) is 10.9 Å². The van der Waals surface area contributed by atoms with Crippen LogP contribution in [0.2, 0.25) is 0 Å². The molecule has 1 aliphatic rings. The number of hydrogen-bond acceptors (Lipinski definition) is 6. The molecule has 1 aliphatic heterocycles. The van der Waals surface area contributed by atoms with Gasteiger partial charge < -0.3 is 15.5 Å². The lowest BCUT2D eigenvalue weighted by molar-refractivity contribution is -0.137. The van der Waals surface area contributed by atoms with Gasteiger partial charge in [-0.3, -0.25) is 4.79 Å². The molecule has 10 heteroatoms. The minimum atomic E-state index is -4.40. The second-order valence-corrected chi connectivity index (χ2v) is 8.30. The van der Waals surface area contributed by atoms with Crippen LogP contribution in [0.1, 0.15) is 43.3 Å². The van der Waals surface area contributed by atoms with Crippen LogP contribution in [0, 0.1) is 6.92 Å². The van der Waals surface area contributed by atoms with Crippen molar-refractivity contribution >= 4 is 28.4 Å². The summed E-state index contributed by atoms with van der Waals surface area (Å²) in [5.74, 6) is 1.73. The predicted octanol–water partition coefficient (Wildman–Crippen LogP) is 4.24. The molecule has 0 bridgehead atoms. The Labute approximate surface area is 189 Å². The Morgan fingerprint density at radius 3 is 2.76 bits per heavy atom. The van der Waals surface area contributed by atoms with E-state index >= 15 is 0 Å². The molecule has 0 unspecified atom stereocenters. The van der Waals surface area contributed by atoms with E-state index in [1.54, 1.807) is 26.1 Å². The minimum absolute atomic E-state index is 0.0627. The SMILES string of the molecule is CC(=O)N[C@@H]1CCN(c2cc3c(N[C@H](C)c4cccc(C(F)(F)F)c4)nc(C)nc3cn2)C1. The number of alkyl halides is 3. The van der Waals surface area contributed by atoms with Crippen molar-refractivity contribution in [3.8, 4) is 0 Å². The Kier molecular flexibility index (Phi) is 6.09. The standard InChI is InChI=1S/C23H25F3N6O/c1-13(16-5-4-6-17(9-16)23(24,25)26)28-22-19-10-21(27-11-20(19)29-14(2)30-22)32-8-7-18(12-32)31-15(3)33/h4-6,9-11,13,18H,7-8,12H2,1-3H3,(H,31,33)(H,28,29,30)/t13-,18-/m1/s1. The van der Waals surface area contributed by atoms with Gasteiger partial charge in [0, 0.05) is 37.5 Å². The van der Waals surface area contributed by atoms with Crippen molar-refractivity contribution in [1.29, 1.82) is 0 Å². The second kappa shape index (κ2) is 8.84. The Balaban J connectivity index is 1.62. The Morgan fingerprint density at radius 2 is 2.03 bits per heavy atom. The maximum atomic E-state index is 13.1. The van der Waals surface area contributed by atoms with Gasteiger partial charge in [0.25, 0.3) is 0 Å². The Hall–Kier alpha value is -3.43. The highest BCUT2D eigenvalue weighted by molar-refractivity contribution is 5.90. The number of aryl methyl sites for hydroxylation is 1. The number of fused-ring (bicyclic) bond motifs is 1. The summed E-state index contributed by atoms with van der Waals surface area (Å²) in [4.78, 5) is 26.9. The summed E-state index contributed by atoms with van der Waals surface area (Å²) in [5, 5.41) is 6.91. The summed E-state index contributed by atoms with van der Waals surface area (Å²) in [5.41, 5.74) is 0.454. The molecule has 2 N–H and O–H groups in total. The van der Waals surface area contributed by atoms with Crippen molar-refractivity contribution in [1.82, 2.24) is 20.3 Å². The van der Waals surface area contributed by atoms with Gasteiger partial charge in [-0.1, -0.05) is 12.1 Å². The van der Waals surface area contributed by atoms with Gasteiger partial charge in [0.1, 0.15) is 17.5 Å². The van der Waals surface area contributed by atoms with Crippen LogP contribution in [-0.2, 0) is 11.0 Å². The number of nitrogens with one attached hydrogen (secondary N) is 2. The van der Waals surface area contributed by atoms with Crippen LogP contribution in [0.15, 0.2) is 36.5 Å². The normalized spacial score (nSPS) is 17.3. The van der Waals surface area contributed by atoms with E-state index in [0.717, 1.165) is 36.3 Å². The van der Waals surface area contributed by atoms with Crippen LogP contribution >= 0.6 is 0 Å². The highest BCUT2D eigenvalue weighted by Crippen LogP contribution is 2.32. The van der Waals surface area contributed by atoms with E-state index in [-0.39, 0.29) is 11.9 Å². The number of pyridine rings is 1. The first-order valence-electron chi connectivity index (χ1n) is 10.7. The molecule has 33 heavy (non-hydrogen) atoms. The van der Waals surface area contributed by atoms with E-state index < -0.39 is 17.8 Å². The fourth-order valence-corrected chi connectivity index (χ4v) is 4.07. The van der Waals surface area contributed by atoms with Crippen LogP contribution in [0.3, 0.4) is 0 Å². The maximum Gasteiger partial charge on any atom is 0.416 e. The van der Waals surface area contributed by atoms with Crippen molar-refractivity contribution < 1.29 is 18.0 Å². The first kappa shape index (κ1) is 22.8. The van der Waals surface area contributed by atoms with Crippen molar-refractivity contribution in [3.05, 3.63) is 53.5 Å². The molecule has 2 atom stereocenters. The number of carbonyl (C=O) groups excluding carboxylic acids is 1. The molecule has 7 nitrogen and oxygen atoms in total. The molecule has 3 heterocycles. The molecular formula is C23H25F3N6O. The lowest BCUT2D eigenvalue weighted by Crippen LogP contribution is -2.35. The van der Waals surface area contributed by atoms with Crippen molar-refractivity contribution in [3.63, 3.8) is 0 Å². The zero-order valence-electron chi connectivity index (χ0n) is 18.6. The van der Waals surface area contributed by atoms with Gasteiger partial charge in [-0.05, 0) is 44.0 Å². The number of halogens is 3. The number of carbonyl (C=O) groups is 1. The molecule has 1 amide bonds. The molecule has 3 aromatic rings. The topological polar surface area (TPSA) is 83.0 Å². The Morgan fingerprint density at radius 1 is 1.24 bits per heavy atom. The van der Waals surface area contributed by atoms with Gasteiger partial charge >= 0.3 is 6.18 Å². The molecule has 2 aromatic heterocycles. The largest absolute Gasteiger partial charge is 0.416 e. The van der Waals surface area contributed by atoms with Crippen LogP contribution in [-0.4, -0.2) is 40.0 Å². The third kappa shape index (κ3) is 5.15. The van der Waals surface area contributed by atoms with Gasteiger partial charge in [0.05, 0.1) is 17.3 Å². The molecule has 0 saturated carbocycles. The molecule has 0 radical (unpaired) electrons. The lowest BCUT2D eigenvalue weighted by Gasteiger charge is -2.20. The fourth-order valence-electron chi connectivity index (χ4n) is 4.07. The van der Waals surface area contributed by atoms with Crippen molar-refractivity contribution in [2.24, 2.45) is 0 Å². The first-order valence-corrected chi connectivity index (χ1v) is 10.7. The molecule has 4 rings (SSSR count). The Bertz CT molecular complexity index is 1180. The number of anilines is 2. The number of aromatic nitrogens is 3. The first-order chi connectivity index (χ1) is 15.6. The van der Waals surface area contributed by atoms with Gasteiger partial charge in [0.2, 0.25) is 5.91 Å². The average Bonchev–Trinajstić information content (AvgIpc) is 3.20. The molecule has 1 aromatic carbocycles.